The van der Waals surface area contributed by atoms with E-state index >= 15 is 0 Å². The molecule has 0 radical (unpaired) electrons. The number of rotatable bonds is 3. The summed E-state index contributed by atoms with van der Waals surface area (Å²) >= 11 is 1.27. The zero-order valence-corrected chi connectivity index (χ0v) is 23.7. The second kappa shape index (κ2) is 15.4. The van der Waals surface area contributed by atoms with Crippen LogP contribution in [-0.2, 0) is 21.0 Å². The fourth-order valence-corrected chi connectivity index (χ4v) is 5.01. The second-order valence-corrected chi connectivity index (χ2v) is 11.3. The Bertz CT molecular complexity index is 908. The Morgan fingerprint density at radius 1 is 1.28 bits per heavy atom. The molecule has 0 saturated carbocycles. The van der Waals surface area contributed by atoms with E-state index in [1.165, 1.54) is 16.9 Å². The third-order valence-electron chi connectivity index (χ3n) is 6.88. The van der Waals surface area contributed by atoms with Crippen LogP contribution in [0.3, 0.4) is 0 Å². The van der Waals surface area contributed by atoms with E-state index in [1.54, 1.807) is 12.3 Å². The van der Waals surface area contributed by atoms with Crippen LogP contribution in [-0.4, -0.2) is 46.3 Å². The molecule has 2 rings (SSSR count). The molecular formula is C28H44FNO5S. The average Bonchev–Trinajstić information content (AvgIpc) is 3.31. The Morgan fingerprint density at radius 2 is 1.94 bits per heavy atom. The van der Waals surface area contributed by atoms with Crippen molar-refractivity contribution in [3.63, 3.8) is 0 Å². The largest absolute Gasteiger partial charge is 0.457 e. The van der Waals surface area contributed by atoms with Crippen molar-refractivity contribution >= 4 is 29.2 Å². The molecule has 6 nitrogen and oxygen atoms in total. The summed E-state index contributed by atoms with van der Waals surface area (Å²) in [6, 6.07) is 0. The fourth-order valence-electron chi connectivity index (χ4n) is 4.41. The number of carbonyl (C=O) groups excluding carboxylic acids is 2. The smallest absolute Gasteiger partial charge is 0.306 e. The molecule has 0 spiro atoms. The number of hydrogen-bond donors (Lipinski definition) is 2. The van der Waals surface area contributed by atoms with Gasteiger partial charge in [0.2, 0.25) is 0 Å². The van der Waals surface area contributed by atoms with E-state index in [4.69, 9.17) is 9.84 Å². The molecule has 0 saturated heterocycles. The van der Waals surface area contributed by atoms with Crippen LogP contribution in [0, 0.1) is 17.3 Å². The minimum atomic E-state index is -0.740. The first kappa shape index (κ1) is 32.1. The van der Waals surface area contributed by atoms with Gasteiger partial charge < -0.3 is 14.9 Å². The van der Waals surface area contributed by atoms with Crippen molar-refractivity contribution in [3.8, 4) is 0 Å². The lowest BCUT2D eigenvalue weighted by atomic mass is 9.74. The fraction of sp³-hybridized carbons (Fsp3) is 0.679. The van der Waals surface area contributed by atoms with Crippen molar-refractivity contribution in [3.05, 3.63) is 33.3 Å². The highest BCUT2D eigenvalue weighted by molar-refractivity contribution is 7.09. The molecule has 204 valence electrons. The maximum absolute atomic E-state index is 13.1. The number of halogens is 1. The molecule has 4 atom stereocenters. The Balaban J connectivity index is 0.00000316. The molecule has 1 aliphatic rings. The van der Waals surface area contributed by atoms with Gasteiger partial charge in [-0.15, -0.1) is 11.3 Å². The highest BCUT2D eigenvalue weighted by Crippen LogP contribution is 2.32. The van der Waals surface area contributed by atoms with Gasteiger partial charge in [0.05, 0.1) is 11.8 Å². The molecule has 2 heterocycles. The first-order chi connectivity index (χ1) is 16.9. The van der Waals surface area contributed by atoms with Crippen LogP contribution in [0.15, 0.2) is 22.6 Å². The van der Waals surface area contributed by atoms with Crippen LogP contribution >= 0.6 is 11.3 Å². The standard InChI is InChI=1S/C27H40FNO4S.CH4O/c1-17-8-7-9-18(2)25(31)20(4)26(32)27(5,6)13-12-24(30)33-22(11-10-17)19(3)14-21-16-34-23(15-28)29-21;1-2/h10,14,16,18,20,22,25,31H,7-9,11-13,15H2,1-6H3;2H,1H3/b17-10-,19-14+;/t18-,20+,22?,25-;/m0./s1. The minimum absolute atomic E-state index is 0.0191. The monoisotopic (exact) mass is 525 g/mol. The topological polar surface area (TPSA) is 96.7 Å². The maximum Gasteiger partial charge on any atom is 0.306 e. The lowest BCUT2D eigenvalue weighted by molar-refractivity contribution is -0.148. The SMILES string of the molecule is C/C1=C/CC(/C(C)=C/c2csc(CF)n2)OC(=O)CCC(C)(C)C(=O)[C@H](C)[C@@H](O)[C@@H](C)CCC1.CO. The second-order valence-electron chi connectivity index (χ2n) is 10.3. The van der Waals surface area contributed by atoms with Gasteiger partial charge in [0, 0.05) is 36.7 Å². The van der Waals surface area contributed by atoms with Gasteiger partial charge in [-0.3, -0.25) is 9.59 Å². The Kier molecular flexibility index (Phi) is 13.7. The predicted molar refractivity (Wildman–Crippen MR) is 143 cm³/mol. The number of nitrogens with zero attached hydrogens (tertiary/aromatic N) is 1. The number of allylic oxidation sites excluding steroid dienone is 1. The van der Waals surface area contributed by atoms with Crippen LogP contribution < -0.4 is 0 Å². The number of ether oxygens (including phenoxy) is 1. The molecule has 1 unspecified atom stereocenters. The van der Waals surface area contributed by atoms with E-state index in [0.717, 1.165) is 31.9 Å². The number of ketones is 1. The average molecular weight is 526 g/mol. The van der Waals surface area contributed by atoms with E-state index in [2.05, 4.69) is 18.0 Å². The van der Waals surface area contributed by atoms with Gasteiger partial charge in [0.25, 0.3) is 0 Å². The van der Waals surface area contributed by atoms with E-state index in [1.807, 2.05) is 33.8 Å². The number of esters is 1. The summed E-state index contributed by atoms with van der Waals surface area (Å²) in [5.41, 5.74) is 1.96. The molecule has 0 bridgehead atoms. The van der Waals surface area contributed by atoms with E-state index in [9.17, 15) is 19.1 Å². The molecule has 0 fully saturated rings. The number of aliphatic hydroxyl groups excluding tert-OH is 2. The first-order valence-electron chi connectivity index (χ1n) is 12.7. The lowest BCUT2D eigenvalue weighted by Gasteiger charge is -2.31. The number of aromatic nitrogens is 1. The summed E-state index contributed by atoms with van der Waals surface area (Å²) < 4.78 is 18.7. The highest BCUT2D eigenvalue weighted by atomic mass is 32.1. The van der Waals surface area contributed by atoms with Gasteiger partial charge in [-0.05, 0) is 57.1 Å². The summed E-state index contributed by atoms with van der Waals surface area (Å²) in [6.07, 6.45) is 6.43. The first-order valence-corrected chi connectivity index (χ1v) is 13.5. The molecule has 0 aromatic carbocycles. The number of Topliss-reactive ketones (excluding diaryl/α,β-unsaturated/α-hetero) is 1. The third kappa shape index (κ3) is 9.87. The van der Waals surface area contributed by atoms with E-state index in [-0.39, 0.29) is 24.1 Å². The van der Waals surface area contributed by atoms with Crippen LogP contribution in [0.1, 0.15) is 90.8 Å². The van der Waals surface area contributed by atoms with Crippen molar-refractivity contribution < 1.29 is 28.9 Å². The van der Waals surface area contributed by atoms with Crippen molar-refractivity contribution in [2.24, 2.45) is 17.3 Å². The Hall–Kier alpha value is -1.90. The summed E-state index contributed by atoms with van der Waals surface area (Å²) in [7, 11) is 1.00. The zero-order chi connectivity index (χ0) is 27.5. The van der Waals surface area contributed by atoms with Crippen molar-refractivity contribution in [2.45, 2.75) is 98.9 Å². The summed E-state index contributed by atoms with van der Waals surface area (Å²) in [6.45, 7) is 10.8. The maximum atomic E-state index is 13.1. The molecule has 0 aliphatic carbocycles. The van der Waals surface area contributed by atoms with Gasteiger partial charge in [-0.25, -0.2) is 9.37 Å². The number of alkyl halides is 1. The highest BCUT2D eigenvalue weighted by Gasteiger charge is 2.36. The van der Waals surface area contributed by atoms with Gasteiger partial charge in [0.1, 0.15) is 23.6 Å². The number of carbonyl (C=O) groups is 2. The van der Waals surface area contributed by atoms with Crippen molar-refractivity contribution in [2.75, 3.05) is 7.11 Å². The normalized spacial score (nSPS) is 28.4. The lowest BCUT2D eigenvalue weighted by Crippen LogP contribution is -2.39. The summed E-state index contributed by atoms with van der Waals surface area (Å²) in [5.74, 6) is -0.856. The molecule has 1 aromatic rings. The van der Waals surface area contributed by atoms with Gasteiger partial charge in [-0.1, -0.05) is 39.3 Å². The Morgan fingerprint density at radius 3 is 2.56 bits per heavy atom. The Labute approximate surface area is 219 Å². The molecule has 1 aliphatic heterocycles. The van der Waals surface area contributed by atoms with Gasteiger partial charge in [0.15, 0.2) is 0 Å². The molecule has 1 aromatic heterocycles. The van der Waals surface area contributed by atoms with E-state index in [0.29, 0.717) is 23.5 Å². The molecule has 36 heavy (non-hydrogen) atoms. The molecule has 8 heteroatoms. The van der Waals surface area contributed by atoms with E-state index < -0.39 is 30.2 Å². The van der Waals surface area contributed by atoms with Gasteiger partial charge in [-0.2, -0.15) is 0 Å². The van der Waals surface area contributed by atoms with Crippen molar-refractivity contribution in [1.29, 1.82) is 0 Å². The predicted octanol–water partition coefficient (Wildman–Crippen LogP) is 6.07. The molecule has 2 N–H and O–H groups in total. The zero-order valence-electron chi connectivity index (χ0n) is 22.8. The number of cyclic esters (lactones) is 1. The number of aliphatic hydroxyl groups is 2. The summed E-state index contributed by atoms with van der Waals surface area (Å²) in [5, 5.41) is 20.0. The number of hydrogen-bond acceptors (Lipinski definition) is 7. The van der Waals surface area contributed by atoms with Crippen LogP contribution in [0.2, 0.25) is 0 Å². The quantitative estimate of drug-likeness (QED) is 0.368. The number of thiazole rings is 1. The minimum Gasteiger partial charge on any atom is -0.457 e. The van der Waals surface area contributed by atoms with Crippen LogP contribution in [0.5, 0.6) is 0 Å². The molecule has 0 amide bonds. The summed E-state index contributed by atoms with van der Waals surface area (Å²) in [4.78, 5) is 30.1. The van der Waals surface area contributed by atoms with Crippen molar-refractivity contribution in [1.82, 2.24) is 4.98 Å². The third-order valence-corrected chi connectivity index (χ3v) is 7.71. The van der Waals surface area contributed by atoms with Crippen LogP contribution in [0.4, 0.5) is 4.39 Å². The van der Waals surface area contributed by atoms with Crippen LogP contribution in [0.25, 0.3) is 6.08 Å². The van der Waals surface area contributed by atoms with Gasteiger partial charge >= 0.3 is 5.97 Å². The molecular weight excluding hydrogens is 481 g/mol.